The van der Waals surface area contributed by atoms with Gasteiger partial charge in [0.15, 0.2) is 0 Å². The Bertz CT molecular complexity index is 938. The zero-order valence-corrected chi connectivity index (χ0v) is 13.8. The molecule has 0 spiro atoms. The van der Waals surface area contributed by atoms with Gasteiger partial charge >= 0.3 is 0 Å². The minimum atomic E-state index is 0.872. The topological polar surface area (TPSA) is 30.2 Å². The van der Waals surface area contributed by atoms with Crippen LogP contribution in [-0.2, 0) is 0 Å². The molecule has 0 bridgehead atoms. The van der Waals surface area contributed by atoms with Crippen LogP contribution in [0.25, 0.3) is 29.4 Å². The number of fused-ring (bicyclic) bond motifs is 1. The molecule has 0 radical (unpaired) electrons. The van der Waals surface area contributed by atoms with Crippen molar-refractivity contribution in [2.75, 3.05) is 0 Å². The Balaban J connectivity index is 2.24. The Morgan fingerprint density at radius 2 is 2.10 bits per heavy atom. The van der Waals surface area contributed by atoms with Crippen LogP contribution in [0.2, 0.25) is 0 Å². The Kier molecular flexibility index (Phi) is 3.88. The van der Waals surface area contributed by atoms with E-state index in [-0.39, 0.29) is 0 Å². The van der Waals surface area contributed by atoms with Gasteiger partial charge in [0, 0.05) is 27.6 Å². The van der Waals surface area contributed by atoms with Gasteiger partial charge in [0.2, 0.25) is 0 Å². The van der Waals surface area contributed by atoms with Gasteiger partial charge in [-0.1, -0.05) is 12.6 Å². The summed E-state index contributed by atoms with van der Waals surface area (Å²) in [6.07, 6.45) is 7.44. The number of benzene rings is 1. The second-order valence-corrected chi connectivity index (χ2v) is 5.91. The fourth-order valence-corrected chi connectivity index (χ4v) is 2.72. The fourth-order valence-electron chi connectivity index (χ4n) is 2.21. The van der Waals surface area contributed by atoms with Crippen LogP contribution in [0.1, 0.15) is 6.92 Å². The highest BCUT2D eigenvalue weighted by Gasteiger charge is 2.03. The average Bonchev–Trinajstić information content (AvgIpc) is 2.85. The number of aliphatic imine (C=N–C) groups is 1. The van der Waals surface area contributed by atoms with Crippen molar-refractivity contribution in [3.8, 4) is 5.82 Å². The van der Waals surface area contributed by atoms with E-state index < -0.39 is 0 Å². The summed E-state index contributed by atoms with van der Waals surface area (Å²) in [5, 5.41) is 4.20. The second kappa shape index (κ2) is 5.81. The first-order chi connectivity index (χ1) is 10.2. The molecule has 0 aliphatic heterocycles. The van der Waals surface area contributed by atoms with Gasteiger partial charge in [0.25, 0.3) is 0 Å². The molecule has 2 heterocycles. The maximum atomic E-state index is 4.55. The maximum absolute atomic E-state index is 4.55. The summed E-state index contributed by atoms with van der Waals surface area (Å²) in [7, 11) is 0. The van der Waals surface area contributed by atoms with Gasteiger partial charge in [0.05, 0.1) is 11.5 Å². The van der Waals surface area contributed by atoms with Crippen LogP contribution in [-0.4, -0.2) is 15.8 Å². The van der Waals surface area contributed by atoms with Gasteiger partial charge in [-0.2, -0.15) is 0 Å². The number of rotatable bonds is 2. The maximum Gasteiger partial charge on any atom is 0.137 e. The van der Waals surface area contributed by atoms with E-state index >= 15 is 0 Å². The van der Waals surface area contributed by atoms with Gasteiger partial charge in [-0.05, 0) is 64.4 Å². The highest BCUT2D eigenvalue weighted by atomic mass is 127. The normalized spacial score (nSPS) is 12.6. The van der Waals surface area contributed by atoms with E-state index in [4.69, 9.17) is 0 Å². The summed E-state index contributed by atoms with van der Waals surface area (Å²) >= 11 is 2.32. The molecular weight excluding hydrogens is 373 g/mol. The molecule has 0 N–H and O–H groups in total. The minimum Gasteiger partial charge on any atom is -0.300 e. The van der Waals surface area contributed by atoms with E-state index in [9.17, 15) is 0 Å². The lowest BCUT2D eigenvalue weighted by Crippen LogP contribution is -2.27. The molecule has 0 amide bonds. The fraction of sp³-hybridized carbons (Fsp3) is 0.0588. The van der Waals surface area contributed by atoms with Crippen LogP contribution < -0.4 is 10.6 Å². The predicted molar refractivity (Wildman–Crippen MR) is 97.2 cm³/mol. The first kappa shape index (κ1) is 14.0. The van der Waals surface area contributed by atoms with E-state index in [1.165, 1.54) is 8.96 Å². The van der Waals surface area contributed by atoms with Crippen LogP contribution in [0.5, 0.6) is 0 Å². The third kappa shape index (κ3) is 2.76. The predicted octanol–water partition coefficient (Wildman–Crippen LogP) is 2.87. The molecule has 4 heteroatoms. The van der Waals surface area contributed by atoms with Gasteiger partial charge < -0.3 is 0 Å². The zero-order chi connectivity index (χ0) is 14.8. The van der Waals surface area contributed by atoms with Crippen LogP contribution in [0, 0.1) is 3.57 Å². The van der Waals surface area contributed by atoms with Crippen molar-refractivity contribution in [2.45, 2.75) is 6.92 Å². The van der Waals surface area contributed by atoms with E-state index in [0.717, 1.165) is 21.8 Å². The summed E-state index contributed by atoms with van der Waals surface area (Å²) in [5.74, 6) is 0.872. The Hall–Kier alpha value is -1.95. The largest absolute Gasteiger partial charge is 0.300 e. The van der Waals surface area contributed by atoms with E-state index in [1.54, 1.807) is 6.21 Å². The van der Waals surface area contributed by atoms with Crippen molar-refractivity contribution in [3.05, 3.63) is 56.9 Å². The monoisotopic (exact) mass is 387 g/mol. The quantitative estimate of drug-likeness (QED) is 0.491. The molecule has 0 atom stereocenters. The summed E-state index contributed by atoms with van der Waals surface area (Å²) in [4.78, 5) is 8.75. The van der Waals surface area contributed by atoms with Crippen LogP contribution in [0.15, 0.2) is 47.7 Å². The summed E-state index contributed by atoms with van der Waals surface area (Å²) < 4.78 is 3.22. The number of nitrogens with zero attached hydrogens (tertiary/aromatic N) is 3. The molecule has 104 valence electrons. The number of halogens is 1. The van der Waals surface area contributed by atoms with Gasteiger partial charge in [0.1, 0.15) is 5.82 Å². The molecule has 0 saturated heterocycles. The molecule has 21 heavy (non-hydrogen) atoms. The van der Waals surface area contributed by atoms with Crippen molar-refractivity contribution in [2.24, 2.45) is 4.99 Å². The Morgan fingerprint density at radius 3 is 2.90 bits per heavy atom. The first-order valence-electron chi connectivity index (χ1n) is 6.59. The number of aromatic nitrogens is 2. The number of hydrogen-bond donors (Lipinski definition) is 0. The van der Waals surface area contributed by atoms with Crippen molar-refractivity contribution >= 4 is 52.4 Å². The summed E-state index contributed by atoms with van der Waals surface area (Å²) in [6.45, 7) is 5.93. The lowest BCUT2D eigenvalue weighted by molar-refractivity contribution is 0.974. The SMILES string of the molecule is C=c1ccn(-c2cc3cc(I)ccc3cn2)/c1=C/N=C\C. The third-order valence-corrected chi connectivity index (χ3v) is 3.95. The molecular formula is C17H14IN3. The molecule has 0 aliphatic rings. The minimum absolute atomic E-state index is 0.872. The van der Waals surface area contributed by atoms with Gasteiger partial charge in [-0.15, -0.1) is 0 Å². The number of pyridine rings is 1. The summed E-state index contributed by atoms with van der Waals surface area (Å²) in [5.41, 5.74) is 0. The van der Waals surface area contributed by atoms with E-state index in [0.29, 0.717) is 0 Å². The summed E-state index contributed by atoms with van der Waals surface area (Å²) in [6, 6.07) is 10.4. The molecule has 0 unspecified atom stereocenters. The van der Waals surface area contributed by atoms with Gasteiger partial charge in [-0.25, -0.2) is 4.98 Å². The highest BCUT2D eigenvalue weighted by Crippen LogP contribution is 2.18. The van der Waals surface area contributed by atoms with Crippen LogP contribution in [0.3, 0.4) is 0 Å². The molecule has 3 rings (SSSR count). The average molecular weight is 387 g/mol. The van der Waals surface area contributed by atoms with Crippen molar-refractivity contribution in [3.63, 3.8) is 0 Å². The Morgan fingerprint density at radius 1 is 1.24 bits per heavy atom. The van der Waals surface area contributed by atoms with Crippen LogP contribution >= 0.6 is 22.6 Å². The molecule has 0 fully saturated rings. The molecule has 3 aromatic rings. The van der Waals surface area contributed by atoms with Crippen molar-refractivity contribution in [1.29, 1.82) is 0 Å². The molecule has 2 aromatic heterocycles. The van der Waals surface area contributed by atoms with Crippen molar-refractivity contribution in [1.82, 2.24) is 9.55 Å². The molecule has 0 aliphatic carbocycles. The van der Waals surface area contributed by atoms with Gasteiger partial charge in [-0.3, -0.25) is 9.56 Å². The smallest absolute Gasteiger partial charge is 0.137 e. The molecule has 1 aromatic carbocycles. The molecule has 3 nitrogen and oxygen atoms in total. The van der Waals surface area contributed by atoms with Crippen molar-refractivity contribution < 1.29 is 0 Å². The lowest BCUT2D eigenvalue weighted by Gasteiger charge is -2.05. The van der Waals surface area contributed by atoms with Crippen LogP contribution in [0.4, 0.5) is 0 Å². The standard InChI is InChI=1S/C17H14IN3/c1-3-19-11-16-12(2)6-7-21(16)17-9-14-8-15(18)5-4-13(14)10-20-17/h3-11H,2H2,1H3/b16-11+,19-3-. The lowest BCUT2D eigenvalue weighted by atomic mass is 10.2. The van der Waals surface area contributed by atoms with E-state index in [1.807, 2.05) is 36.2 Å². The Labute approximate surface area is 136 Å². The second-order valence-electron chi connectivity index (χ2n) is 4.67. The first-order valence-corrected chi connectivity index (χ1v) is 7.67. The highest BCUT2D eigenvalue weighted by molar-refractivity contribution is 14.1. The van der Waals surface area contributed by atoms with E-state index in [2.05, 4.69) is 63.4 Å². The third-order valence-electron chi connectivity index (χ3n) is 3.28. The molecule has 0 saturated carbocycles. The number of hydrogen-bond acceptors (Lipinski definition) is 2. The zero-order valence-electron chi connectivity index (χ0n) is 11.6.